The smallest absolute Gasteiger partial charge is 0.268 e. The number of nitriles is 1. The molecule has 0 fully saturated rings. The molecule has 0 amide bonds. The number of rotatable bonds is 2. The molecule has 4 heteroatoms. The second-order valence-electron chi connectivity index (χ2n) is 2.97. The van der Waals surface area contributed by atoms with Crippen LogP contribution < -0.4 is 11.3 Å². The van der Waals surface area contributed by atoms with Crippen LogP contribution in [0.25, 0.3) is 0 Å². The van der Waals surface area contributed by atoms with E-state index in [4.69, 9.17) is 11.0 Å². The second kappa shape index (κ2) is 3.87. The molecule has 1 aromatic heterocycles. The molecule has 0 aliphatic carbocycles. The first kappa shape index (κ1) is 9.49. The van der Waals surface area contributed by atoms with Crippen molar-refractivity contribution in [1.29, 1.82) is 5.26 Å². The molecule has 0 bridgehead atoms. The van der Waals surface area contributed by atoms with Gasteiger partial charge in [0.05, 0.1) is 0 Å². The van der Waals surface area contributed by atoms with Gasteiger partial charge < -0.3 is 10.3 Å². The molecule has 2 N–H and O–H groups in total. The summed E-state index contributed by atoms with van der Waals surface area (Å²) in [5.41, 5.74) is 5.42. The van der Waals surface area contributed by atoms with Crippen LogP contribution in [0.1, 0.15) is 12.5 Å². The van der Waals surface area contributed by atoms with Crippen molar-refractivity contribution in [1.82, 2.24) is 4.57 Å². The average Bonchev–Trinajstić information content (AvgIpc) is 2.08. The maximum absolute atomic E-state index is 11.4. The number of nitrogens with two attached hydrogens (primary N) is 1. The van der Waals surface area contributed by atoms with Crippen LogP contribution in [0.2, 0.25) is 0 Å². The van der Waals surface area contributed by atoms with Gasteiger partial charge in [-0.05, 0) is 19.1 Å². The van der Waals surface area contributed by atoms with Crippen molar-refractivity contribution in [2.45, 2.75) is 19.5 Å². The standard InChI is InChI=1S/C9H11N3O/c1-7(11)6-12-4-2-3-8(5-10)9(12)13/h2-4,7H,6,11H2,1H3. The van der Waals surface area contributed by atoms with Crippen molar-refractivity contribution < 1.29 is 0 Å². The Labute approximate surface area is 76.2 Å². The fourth-order valence-electron chi connectivity index (χ4n) is 1.08. The summed E-state index contributed by atoms with van der Waals surface area (Å²) >= 11 is 0. The third-order valence-corrected chi connectivity index (χ3v) is 1.63. The predicted octanol–water partition coefficient (Wildman–Crippen LogP) is 0.0672. The maximum Gasteiger partial charge on any atom is 0.268 e. The summed E-state index contributed by atoms with van der Waals surface area (Å²) in [6.07, 6.45) is 1.63. The van der Waals surface area contributed by atoms with Crippen molar-refractivity contribution in [3.05, 3.63) is 34.2 Å². The molecular weight excluding hydrogens is 166 g/mol. The number of aromatic nitrogens is 1. The zero-order chi connectivity index (χ0) is 9.84. The van der Waals surface area contributed by atoms with E-state index in [2.05, 4.69) is 0 Å². The normalized spacial score (nSPS) is 12.1. The van der Waals surface area contributed by atoms with Gasteiger partial charge in [0.25, 0.3) is 5.56 Å². The topological polar surface area (TPSA) is 71.8 Å². The number of pyridine rings is 1. The first-order chi connectivity index (χ1) is 6.15. The van der Waals surface area contributed by atoms with E-state index in [9.17, 15) is 4.79 Å². The van der Waals surface area contributed by atoms with Crippen LogP contribution >= 0.6 is 0 Å². The minimum absolute atomic E-state index is 0.0911. The van der Waals surface area contributed by atoms with E-state index < -0.39 is 0 Å². The van der Waals surface area contributed by atoms with Gasteiger partial charge in [0.1, 0.15) is 11.6 Å². The quantitative estimate of drug-likeness (QED) is 0.694. The molecule has 68 valence electrons. The molecule has 0 spiro atoms. The first-order valence-electron chi connectivity index (χ1n) is 4.00. The van der Waals surface area contributed by atoms with E-state index in [0.29, 0.717) is 6.54 Å². The fourth-order valence-corrected chi connectivity index (χ4v) is 1.08. The van der Waals surface area contributed by atoms with Crippen LogP contribution in [-0.2, 0) is 6.54 Å². The van der Waals surface area contributed by atoms with Crippen molar-refractivity contribution in [3.8, 4) is 6.07 Å². The highest BCUT2D eigenvalue weighted by Crippen LogP contribution is 1.90. The van der Waals surface area contributed by atoms with Gasteiger partial charge in [0, 0.05) is 18.8 Å². The molecule has 4 nitrogen and oxygen atoms in total. The lowest BCUT2D eigenvalue weighted by Gasteiger charge is -2.07. The lowest BCUT2D eigenvalue weighted by molar-refractivity contribution is 0.573. The van der Waals surface area contributed by atoms with Gasteiger partial charge in [0.15, 0.2) is 0 Å². The van der Waals surface area contributed by atoms with E-state index in [-0.39, 0.29) is 17.2 Å². The fraction of sp³-hybridized carbons (Fsp3) is 0.333. The SMILES string of the molecule is CC(N)Cn1cccc(C#N)c1=O. The molecule has 1 rings (SSSR count). The third-order valence-electron chi connectivity index (χ3n) is 1.63. The number of hydrogen-bond acceptors (Lipinski definition) is 3. The lowest BCUT2D eigenvalue weighted by Crippen LogP contribution is -2.30. The van der Waals surface area contributed by atoms with Crippen LogP contribution in [0.15, 0.2) is 23.1 Å². The summed E-state index contributed by atoms with van der Waals surface area (Å²) in [5, 5.41) is 8.58. The minimum Gasteiger partial charge on any atom is -0.326 e. The summed E-state index contributed by atoms with van der Waals surface area (Å²) in [5.74, 6) is 0. The number of hydrogen-bond donors (Lipinski definition) is 1. The molecule has 0 aromatic carbocycles. The molecule has 0 aliphatic rings. The monoisotopic (exact) mass is 177 g/mol. The van der Waals surface area contributed by atoms with Crippen LogP contribution in [-0.4, -0.2) is 10.6 Å². The van der Waals surface area contributed by atoms with Crippen LogP contribution in [0.4, 0.5) is 0 Å². The van der Waals surface area contributed by atoms with E-state index >= 15 is 0 Å². The summed E-state index contributed by atoms with van der Waals surface area (Å²) in [6, 6.07) is 4.91. The lowest BCUT2D eigenvalue weighted by atomic mass is 10.3. The summed E-state index contributed by atoms with van der Waals surface area (Å²) in [4.78, 5) is 11.4. The second-order valence-corrected chi connectivity index (χ2v) is 2.97. The van der Waals surface area contributed by atoms with Crippen molar-refractivity contribution in [3.63, 3.8) is 0 Å². The highest BCUT2D eigenvalue weighted by atomic mass is 16.1. The molecular formula is C9H11N3O. The molecule has 1 aromatic rings. The molecule has 1 atom stereocenters. The Morgan fingerprint density at radius 3 is 3.00 bits per heavy atom. The maximum atomic E-state index is 11.4. The van der Waals surface area contributed by atoms with Gasteiger partial charge in [-0.15, -0.1) is 0 Å². The molecule has 0 saturated heterocycles. The highest BCUT2D eigenvalue weighted by molar-refractivity contribution is 5.24. The molecule has 1 unspecified atom stereocenters. The van der Waals surface area contributed by atoms with Crippen molar-refractivity contribution >= 4 is 0 Å². The van der Waals surface area contributed by atoms with Crippen LogP contribution in [0.5, 0.6) is 0 Å². The first-order valence-corrected chi connectivity index (χ1v) is 4.00. The van der Waals surface area contributed by atoms with Crippen LogP contribution in [0.3, 0.4) is 0 Å². The number of nitrogens with zero attached hydrogens (tertiary/aromatic N) is 2. The zero-order valence-corrected chi connectivity index (χ0v) is 7.40. The summed E-state index contributed by atoms with van der Waals surface area (Å²) < 4.78 is 1.45. The molecule has 0 aliphatic heterocycles. The Hall–Kier alpha value is -1.60. The molecule has 0 radical (unpaired) electrons. The van der Waals surface area contributed by atoms with Gasteiger partial charge in [0.2, 0.25) is 0 Å². The Kier molecular flexibility index (Phi) is 2.83. The predicted molar refractivity (Wildman–Crippen MR) is 49.1 cm³/mol. The van der Waals surface area contributed by atoms with E-state index in [0.717, 1.165) is 0 Å². The highest BCUT2D eigenvalue weighted by Gasteiger charge is 2.02. The largest absolute Gasteiger partial charge is 0.326 e. The Morgan fingerprint density at radius 1 is 1.77 bits per heavy atom. The van der Waals surface area contributed by atoms with Gasteiger partial charge in [-0.25, -0.2) is 0 Å². The summed E-state index contributed by atoms with van der Waals surface area (Å²) in [7, 11) is 0. The average molecular weight is 177 g/mol. The van der Waals surface area contributed by atoms with Gasteiger partial charge >= 0.3 is 0 Å². The summed E-state index contributed by atoms with van der Waals surface area (Å²) in [6.45, 7) is 2.25. The van der Waals surface area contributed by atoms with E-state index in [1.54, 1.807) is 12.3 Å². The van der Waals surface area contributed by atoms with Gasteiger partial charge in [-0.2, -0.15) is 5.26 Å². The zero-order valence-electron chi connectivity index (χ0n) is 7.40. The van der Waals surface area contributed by atoms with Crippen molar-refractivity contribution in [2.24, 2.45) is 5.73 Å². The van der Waals surface area contributed by atoms with Gasteiger partial charge in [-0.3, -0.25) is 4.79 Å². The molecule has 13 heavy (non-hydrogen) atoms. The molecule has 1 heterocycles. The van der Waals surface area contributed by atoms with Crippen LogP contribution in [0, 0.1) is 11.3 Å². The van der Waals surface area contributed by atoms with E-state index in [1.807, 2.05) is 13.0 Å². The Bertz CT molecular complexity index is 387. The Morgan fingerprint density at radius 2 is 2.46 bits per heavy atom. The van der Waals surface area contributed by atoms with E-state index in [1.165, 1.54) is 10.6 Å². The van der Waals surface area contributed by atoms with Crippen molar-refractivity contribution in [2.75, 3.05) is 0 Å². The molecule has 0 saturated carbocycles. The third kappa shape index (κ3) is 2.17. The van der Waals surface area contributed by atoms with Gasteiger partial charge in [-0.1, -0.05) is 0 Å². The Balaban J connectivity index is 3.11. The minimum atomic E-state index is -0.276.